The molecule has 2 aromatic heterocycles. The van der Waals surface area contributed by atoms with Gasteiger partial charge in [-0.15, -0.1) is 11.3 Å². The van der Waals surface area contributed by atoms with Crippen molar-refractivity contribution < 1.29 is 4.74 Å². The number of ether oxygens (including phenoxy) is 1. The van der Waals surface area contributed by atoms with E-state index in [2.05, 4.69) is 58.0 Å². The van der Waals surface area contributed by atoms with Gasteiger partial charge in [-0.2, -0.15) is 0 Å². The molecule has 2 saturated heterocycles. The molecule has 0 bridgehead atoms. The number of anilines is 1. The van der Waals surface area contributed by atoms with E-state index in [-0.39, 0.29) is 6.17 Å². The maximum Gasteiger partial charge on any atom is 0.162 e. The molecule has 0 amide bonds. The zero-order chi connectivity index (χ0) is 20.8. The monoisotopic (exact) mass is 432 g/mol. The average molecular weight is 433 g/mol. The molecule has 6 rings (SSSR count). The number of aryl methyl sites for hydroxylation is 1. The summed E-state index contributed by atoms with van der Waals surface area (Å²) in [5.74, 6) is 0. The first-order chi connectivity index (χ1) is 15.2. The van der Waals surface area contributed by atoms with Gasteiger partial charge >= 0.3 is 0 Å². The van der Waals surface area contributed by atoms with Crippen molar-refractivity contribution in [3.63, 3.8) is 0 Å². The van der Waals surface area contributed by atoms with Crippen LogP contribution in [0.15, 0.2) is 40.8 Å². The molecule has 160 valence electrons. The Kier molecular flexibility index (Phi) is 4.73. The number of rotatable bonds is 2. The smallest absolute Gasteiger partial charge is 0.162 e. The second kappa shape index (κ2) is 7.61. The number of nitrogens with one attached hydrogen (secondary N) is 1. The van der Waals surface area contributed by atoms with Crippen LogP contribution in [0.1, 0.15) is 43.1 Å². The van der Waals surface area contributed by atoms with E-state index in [4.69, 9.17) is 9.73 Å². The van der Waals surface area contributed by atoms with Gasteiger partial charge in [-0.25, -0.2) is 0 Å². The molecule has 3 aromatic rings. The average Bonchev–Trinajstić information content (AvgIpc) is 3.28. The number of benzene rings is 1. The van der Waals surface area contributed by atoms with Crippen molar-refractivity contribution in [2.24, 2.45) is 10.4 Å². The molecule has 1 unspecified atom stereocenters. The van der Waals surface area contributed by atoms with Crippen molar-refractivity contribution in [1.29, 1.82) is 0 Å². The summed E-state index contributed by atoms with van der Waals surface area (Å²) in [7, 11) is 0. The molecule has 1 N–H and O–H groups in total. The molecule has 0 aliphatic carbocycles. The van der Waals surface area contributed by atoms with Crippen LogP contribution in [0.4, 0.5) is 5.69 Å². The van der Waals surface area contributed by atoms with E-state index in [1.54, 1.807) is 11.3 Å². The second-order valence-corrected chi connectivity index (χ2v) is 10.2. The maximum absolute atomic E-state index is 5.60. The van der Waals surface area contributed by atoms with Crippen LogP contribution >= 0.6 is 11.3 Å². The van der Waals surface area contributed by atoms with Crippen LogP contribution in [0, 0.1) is 12.3 Å². The van der Waals surface area contributed by atoms with Gasteiger partial charge < -0.3 is 15.0 Å². The van der Waals surface area contributed by atoms with E-state index in [0.717, 1.165) is 37.4 Å². The van der Waals surface area contributed by atoms with Gasteiger partial charge in [0, 0.05) is 49.6 Å². The molecule has 2 fully saturated rings. The molecule has 1 aromatic carbocycles. The van der Waals surface area contributed by atoms with Crippen molar-refractivity contribution in [3.8, 4) is 0 Å². The number of aromatic nitrogens is 1. The molecule has 3 aliphatic heterocycles. The lowest BCUT2D eigenvalue weighted by atomic mass is 9.72. The normalized spacial score (nSPS) is 22.5. The van der Waals surface area contributed by atoms with Gasteiger partial charge in [0.05, 0.1) is 15.8 Å². The van der Waals surface area contributed by atoms with Crippen molar-refractivity contribution in [2.75, 3.05) is 31.2 Å². The van der Waals surface area contributed by atoms with Crippen molar-refractivity contribution in [3.05, 3.63) is 57.7 Å². The first-order valence-electron chi connectivity index (χ1n) is 11.3. The van der Waals surface area contributed by atoms with Gasteiger partial charge in [0.1, 0.15) is 0 Å². The molecule has 5 nitrogen and oxygen atoms in total. The number of fused-ring (bicyclic) bond motifs is 2. The second-order valence-electron chi connectivity index (χ2n) is 9.21. The summed E-state index contributed by atoms with van der Waals surface area (Å²) >= 11 is 1.72. The molecule has 3 aliphatic rings. The predicted octanol–water partition coefficient (Wildman–Crippen LogP) is 3.66. The summed E-state index contributed by atoms with van der Waals surface area (Å²) in [6, 6.07) is 8.91. The molecule has 31 heavy (non-hydrogen) atoms. The number of nitrogens with zero attached hydrogens (tertiary/aromatic N) is 3. The fourth-order valence-electron chi connectivity index (χ4n) is 5.32. The molecular weight excluding hydrogens is 404 g/mol. The summed E-state index contributed by atoms with van der Waals surface area (Å²) in [5, 5.41) is 9.07. The molecule has 0 saturated carbocycles. The number of pyridine rings is 1. The zero-order valence-corrected chi connectivity index (χ0v) is 18.8. The van der Waals surface area contributed by atoms with Crippen LogP contribution < -0.4 is 20.8 Å². The predicted molar refractivity (Wildman–Crippen MR) is 126 cm³/mol. The first kappa shape index (κ1) is 19.3. The topological polar surface area (TPSA) is 49.8 Å². The fourth-order valence-corrected chi connectivity index (χ4v) is 6.06. The highest BCUT2D eigenvalue weighted by molar-refractivity contribution is 7.17. The van der Waals surface area contributed by atoms with Gasteiger partial charge in [0.2, 0.25) is 0 Å². The third kappa shape index (κ3) is 3.52. The highest BCUT2D eigenvalue weighted by Gasteiger charge is 2.36. The third-order valence-electron chi connectivity index (χ3n) is 7.35. The van der Waals surface area contributed by atoms with E-state index < -0.39 is 0 Å². The van der Waals surface area contributed by atoms with Crippen LogP contribution in [0.3, 0.4) is 0 Å². The highest BCUT2D eigenvalue weighted by atomic mass is 32.1. The van der Waals surface area contributed by atoms with Crippen LogP contribution in [-0.2, 0) is 4.74 Å². The van der Waals surface area contributed by atoms with Crippen LogP contribution in [0.5, 0.6) is 0 Å². The molecule has 5 heterocycles. The summed E-state index contributed by atoms with van der Waals surface area (Å²) in [4.78, 5) is 12.2. The first-order valence-corrected chi connectivity index (χ1v) is 12.2. The standard InChI is InChI=1S/C25H28N4OS/c1-17-12-20(29-7-3-25(4-8-29)5-9-30-10-6-25)13-19-15-27-24(28-23(17)19)21-14-18-2-11-31-22(18)16-26-21/h2,11-16,24,27H,3-10H2,1H3. The molecule has 0 radical (unpaired) electrons. The molecule has 6 heteroatoms. The van der Waals surface area contributed by atoms with E-state index in [0.29, 0.717) is 5.41 Å². The van der Waals surface area contributed by atoms with E-state index in [9.17, 15) is 0 Å². The summed E-state index contributed by atoms with van der Waals surface area (Å²) in [6.07, 6.45) is 8.95. The minimum Gasteiger partial charge on any atom is -0.381 e. The van der Waals surface area contributed by atoms with Crippen LogP contribution in [-0.4, -0.2) is 31.3 Å². The summed E-state index contributed by atoms with van der Waals surface area (Å²) < 4.78 is 6.82. The quantitative estimate of drug-likeness (QED) is 0.671. The maximum atomic E-state index is 5.60. The Morgan fingerprint density at radius 3 is 2.81 bits per heavy atom. The number of thiophene rings is 1. The van der Waals surface area contributed by atoms with Crippen LogP contribution in [0.2, 0.25) is 0 Å². The number of piperidine rings is 1. The minimum atomic E-state index is -0.135. The van der Waals surface area contributed by atoms with Gasteiger partial charge in [0.15, 0.2) is 6.17 Å². The van der Waals surface area contributed by atoms with Gasteiger partial charge in [-0.1, -0.05) is 0 Å². The Morgan fingerprint density at radius 1 is 1.13 bits per heavy atom. The number of hydrogen-bond acceptors (Lipinski definition) is 6. The van der Waals surface area contributed by atoms with E-state index in [1.807, 2.05) is 6.20 Å². The Labute approximate surface area is 186 Å². The Bertz CT molecular complexity index is 1230. The SMILES string of the molecule is Cc1cc(N2CCC3(CCOCC3)CC2)cc2c1=NC(c1cc3ccsc3cn1)NC=2. The van der Waals surface area contributed by atoms with Crippen molar-refractivity contribution in [1.82, 2.24) is 10.3 Å². The largest absolute Gasteiger partial charge is 0.381 e. The summed E-state index contributed by atoms with van der Waals surface area (Å²) in [6.45, 7) is 6.33. The van der Waals surface area contributed by atoms with Crippen molar-refractivity contribution in [2.45, 2.75) is 38.8 Å². The fraction of sp³-hybridized carbons (Fsp3) is 0.440. The Balaban J connectivity index is 1.26. The number of hydrogen-bond donors (Lipinski definition) is 1. The van der Waals surface area contributed by atoms with E-state index >= 15 is 0 Å². The lowest BCUT2D eigenvalue weighted by Crippen LogP contribution is -2.44. The highest BCUT2D eigenvalue weighted by Crippen LogP contribution is 2.41. The van der Waals surface area contributed by atoms with E-state index in [1.165, 1.54) is 52.2 Å². The molecule has 1 atom stereocenters. The van der Waals surface area contributed by atoms with Gasteiger partial charge in [0.25, 0.3) is 0 Å². The van der Waals surface area contributed by atoms with Crippen molar-refractivity contribution >= 4 is 33.3 Å². The van der Waals surface area contributed by atoms with Gasteiger partial charge in [-0.3, -0.25) is 9.98 Å². The third-order valence-corrected chi connectivity index (χ3v) is 8.22. The minimum absolute atomic E-state index is 0.135. The molecular formula is C25H28N4OS. The Hall–Kier alpha value is -2.44. The zero-order valence-electron chi connectivity index (χ0n) is 17.9. The molecule has 1 spiro atoms. The lowest BCUT2D eigenvalue weighted by Gasteiger charge is -2.45. The Morgan fingerprint density at radius 2 is 1.97 bits per heavy atom. The summed E-state index contributed by atoms with van der Waals surface area (Å²) in [5.41, 5.74) is 4.04. The van der Waals surface area contributed by atoms with Crippen LogP contribution in [0.25, 0.3) is 16.3 Å². The lowest BCUT2D eigenvalue weighted by molar-refractivity contribution is 0.00212. The van der Waals surface area contributed by atoms with Gasteiger partial charge in [-0.05, 0) is 78.6 Å².